The van der Waals surface area contributed by atoms with E-state index < -0.39 is 0 Å². The highest BCUT2D eigenvalue weighted by Gasteiger charge is 2.23. The number of hydrogen-bond acceptors (Lipinski definition) is 4. The Labute approximate surface area is 94.9 Å². The van der Waals surface area contributed by atoms with Crippen LogP contribution in [-0.4, -0.2) is 38.6 Å². The zero-order valence-corrected chi connectivity index (χ0v) is 9.39. The molecule has 2 atom stereocenters. The van der Waals surface area contributed by atoms with E-state index in [0.717, 1.165) is 37.5 Å². The average molecular weight is 222 g/mol. The maximum atomic E-state index is 9.67. The Bertz CT molecular complexity index is 370. The van der Waals surface area contributed by atoms with E-state index >= 15 is 0 Å². The Balaban J connectivity index is 1.77. The molecule has 0 radical (unpaired) electrons. The molecule has 2 N–H and O–H groups in total. The summed E-state index contributed by atoms with van der Waals surface area (Å²) in [6, 6.07) is 0.548. The fourth-order valence-corrected chi connectivity index (χ4v) is 2.67. The van der Waals surface area contributed by atoms with Gasteiger partial charge in [0.05, 0.1) is 12.6 Å². The van der Waals surface area contributed by atoms with Crippen molar-refractivity contribution in [1.82, 2.24) is 20.1 Å². The molecule has 2 aliphatic heterocycles. The van der Waals surface area contributed by atoms with Crippen molar-refractivity contribution >= 4 is 0 Å². The van der Waals surface area contributed by atoms with Gasteiger partial charge in [-0.2, -0.15) is 0 Å². The molecule has 2 aliphatic rings. The summed E-state index contributed by atoms with van der Waals surface area (Å²) in [5.41, 5.74) is 0. The molecule has 1 aromatic rings. The van der Waals surface area contributed by atoms with Crippen LogP contribution in [0.25, 0.3) is 0 Å². The highest BCUT2D eigenvalue weighted by Crippen LogP contribution is 2.17. The zero-order chi connectivity index (χ0) is 11.0. The number of fused-ring (bicyclic) bond motifs is 1. The van der Waals surface area contributed by atoms with Crippen molar-refractivity contribution in [3.05, 3.63) is 11.6 Å². The number of hydrogen-bond donors (Lipinski definition) is 2. The Kier molecular flexibility index (Phi) is 2.65. The monoisotopic (exact) mass is 222 g/mol. The van der Waals surface area contributed by atoms with Gasteiger partial charge in [0.25, 0.3) is 0 Å². The summed E-state index contributed by atoms with van der Waals surface area (Å²) < 4.78 is 2.11. The van der Waals surface area contributed by atoms with Crippen LogP contribution >= 0.6 is 0 Å². The fraction of sp³-hybridized carbons (Fsp3) is 0.818. The van der Waals surface area contributed by atoms with Crippen LogP contribution in [0.5, 0.6) is 0 Å². The van der Waals surface area contributed by atoms with E-state index in [4.69, 9.17) is 0 Å². The van der Waals surface area contributed by atoms with Crippen LogP contribution in [0.15, 0.2) is 0 Å². The number of aryl methyl sites for hydroxylation is 1. The number of aromatic nitrogens is 3. The summed E-state index contributed by atoms with van der Waals surface area (Å²) in [7, 11) is 0. The molecular weight excluding hydrogens is 204 g/mol. The lowest BCUT2D eigenvalue weighted by Gasteiger charge is -2.20. The van der Waals surface area contributed by atoms with E-state index in [1.165, 1.54) is 12.8 Å². The lowest BCUT2D eigenvalue weighted by Crippen LogP contribution is -2.29. The van der Waals surface area contributed by atoms with Crippen LogP contribution in [0.1, 0.15) is 30.9 Å². The first-order valence-corrected chi connectivity index (χ1v) is 6.15. The first-order chi connectivity index (χ1) is 7.83. The van der Waals surface area contributed by atoms with E-state index in [1.807, 2.05) is 0 Å². The van der Waals surface area contributed by atoms with Crippen LogP contribution in [0, 0.1) is 0 Å². The lowest BCUT2D eigenvalue weighted by molar-refractivity contribution is 0.129. The summed E-state index contributed by atoms with van der Waals surface area (Å²) in [4.78, 5) is 0. The Morgan fingerprint density at radius 1 is 1.38 bits per heavy atom. The minimum absolute atomic E-state index is 0.223. The standard InChI is InChI=1S/C11H18N4O/c16-9-3-4-10-13-14-11(15(10)7-9)6-8-2-1-5-12-8/h8-9,12,16H,1-7H2. The molecule has 0 spiro atoms. The molecule has 0 aliphatic carbocycles. The summed E-state index contributed by atoms with van der Waals surface area (Å²) in [5, 5.41) is 21.6. The van der Waals surface area contributed by atoms with Crippen molar-refractivity contribution < 1.29 is 5.11 Å². The smallest absolute Gasteiger partial charge is 0.134 e. The van der Waals surface area contributed by atoms with Gasteiger partial charge in [0.15, 0.2) is 0 Å². The van der Waals surface area contributed by atoms with Gasteiger partial charge in [0, 0.05) is 18.9 Å². The van der Waals surface area contributed by atoms with E-state index in [1.54, 1.807) is 0 Å². The van der Waals surface area contributed by atoms with Gasteiger partial charge in [-0.25, -0.2) is 0 Å². The molecule has 3 rings (SSSR count). The molecule has 5 nitrogen and oxygen atoms in total. The van der Waals surface area contributed by atoms with Crippen LogP contribution in [0.2, 0.25) is 0 Å². The Morgan fingerprint density at radius 3 is 3.12 bits per heavy atom. The van der Waals surface area contributed by atoms with Gasteiger partial charge >= 0.3 is 0 Å². The molecule has 1 saturated heterocycles. The van der Waals surface area contributed by atoms with E-state index in [-0.39, 0.29) is 6.10 Å². The second-order valence-electron chi connectivity index (χ2n) is 4.83. The third-order valence-corrected chi connectivity index (χ3v) is 3.59. The van der Waals surface area contributed by atoms with Gasteiger partial charge in [-0.05, 0) is 25.8 Å². The number of aliphatic hydroxyl groups is 1. The minimum atomic E-state index is -0.223. The predicted octanol–water partition coefficient (Wildman–Crippen LogP) is -0.120. The summed E-state index contributed by atoms with van der Waals surface area (Å²) in [5.74, 6) is 2.08. The molecule has 88 valence electrons. The maximum Gasteiger partial charge on any atom is 0.134 e. The molecular formula is C11H18N4O. The van der Waals surface area contributed by atoms with E-state index in [0.29, 0.717) is 12.6 Å². The molecule has 16 heavy (non-hydrogen) atoms. The van der Waals surface area contributed by atoms with Gasteiger partial charge in [-0.3, -0.25) is 0 Å². The number of nitrogens with one attached hydrogen (secondary N) is 1. The highest BCUT2D eigenvalue weighted by molar-refractivity contribution is 5.02. The van der Waals surface area contributed by atoms with Crippen LogP contribution in [0.3, 0.4) is 0 Å². The van der Waals surface area contributed by atoms with Crippen molar-refractivity contribution in [2.75, 3.05) is 6.54 Å². The SMILES string of the molecule is OC1CCc2nnc(CC3CCCN3)n2C1. The number of aliphatic hydroxyl groups excluding tert-OH is 1. The quantitative estimate of drug-likeness (QED) is 0.732. The summed E-state index contributed by atoms with van der Waals surface area (Å²) in [6.07, 6.45) is 4.88. The molecule has 0 bridgehead atoms. The van der Waals surface area contributed by atoms with Gasteiger partial charge in [0.2, 0.25) is 0 Å². The van der Waals surface area contributed by atoms with Crippen molar-refractivity contribution in [2.45, 2.75) is 50.8 Å². The van der Waals surface area contributed by atoms with Crippen molar-refractivity contribution in [2.24, 2.45) is 0 Å². The molecule has 0 amide bonds. The first-order valence-electron chi connectivity index (χ1n) is 6.15. The second kappa shape index (κ2) is 4.14. The summed E-state index contributed by atoms with van der Waals surface area (Å²) >= 11 is 0. The molecule has 0 aromatic carbocycles. The number of nitrogens with zero attached hydrogens (tertiary/aromatic N) is 3. The van der Waals surface area contributed by atoms with Crippen molar-refractivity contribution in [1.29, 1.82) is 0 Å². The maximum absolute atomic E-state index is 9.67. The van der Waals surface area contributed by atoms with Gasteiger partial charge in [-0.15, -0.1) is 10.2 Å². The largest absolute Gasteiger partial charge is 0.391 e. The minimum Gasteiger partial charge on any atom is -0.391 e. The van der Waals surface area contributed by atoms with Gasteiger partial charge in [0.1, 0.15) is 11.6 Å². The van der Waals surface area contributed by atoms with Crippen molar-refractivity contribution in [3.63, 3.8) is 0 Å². The summed E-state index contributed by atoms with van der Waals surface area (Å²) in [6.45, 7) is 1.79. The highest BCUT2D eigenvalue weighted by atomic mass is 16.3. The fourth-order valence-electron chi connectivity index (χ4n) is 2.67. The normalized spacial score (nSPS) is 29.3. The first kappa shape index (κ1) is 10.2. The lowest BCUT2D eigenvalue weighted by atomic mass is 10.1. The third-order valence-electron chi connectivity index (χ3n) is 3.59. The second-order valence-corrected chi connectivity index (χ2v) is 4.83. The molecule has 5 heteroatoms. The van der Waals surface area contributed by atoms with Crippen LogP contribution in [0.4, 0.5) is 0 Å². The topological polar surface area (TPSA) is 63.0 Å². The number of rotatable bonds is 2. The Morgan fingerprint density at radius 2 is 2.31 bits per heavy atom. The van der Waals surface area contributed by atoms with E-state index in [9.17, 15) is 5.11 Å². The average Bonchev–Trinajstić information content (AvgIpc) is 2.90. The molecule has 3 heterocycles. The predicted molar refractivity (Wildman–Crippen MR) is 59.1 cm³/mol. The van der Waals surface area contributed by atoms with Crippen molar-refractivity contribution in [3.8, 4) is 0 Å². The molecule has 0 saturated carbocycles. The molecule has 1 fully saturated rings. The third kappa shape index (κ3) is 1.85. The zero-order valence-electron chi connectivity index (χ0n) is 9.39. The van der Waals surface area contributed by atoms with Crippen LogP contribution in [-0.2, 0) is 19.4 Å². The van der Waals surface area contributed by atoms with Crippen LogP contribution < -0.4 is 5.32 Å². The van der Waals surface area contributed by atoms with Gasteiger partial charge in [-0.1, -0.05) is 0 Å². The van der Waals surface area contributed by atoms with E-state index in [2.05, 4.69) is 20.1 Å². The molecule has 1 aromatic heterocycles. The molecule has 2 unspecified atom stereocenters. The Hall–Kier alpha value is -0.940. The van der Waals surface area contributed by atoms with Gasteiger partial charge < -0.3 is 15.0 Å².